The van der Waals surface area contributed by atoms with E-state index in [9.17, 15) is 5.11 Å². The van der Waals surface area contributed by atoms with E-state index in [0.29, 0.717) is 6.61 Å². The fraction of sp³-hybridized carbons (Fsp3) is 0.333. The van der Waals surface area contributed by atoms with Crippen LogP contribution < -0.4 is 4.74 Å². The first-order valence-corrected chi connectivity index (χ1v) is 7.22. The Morgan fingerprint density at radius 1 is 1.33 bits per heavy atom. The number of fused-ring (bicyclic) bond motifs is 1. The summed E-state index contributed by atoms with van der Waals surface area (Å²) in [5, 5.41) is 14.0. The molecule has 0 saturated carbocycles. The molecule has 0 bridgehead atoms. The Labute approximate surface area is 111 Å². The van der Waals surface area contributed by atoms with Crippen molar-refractivity contribution < 1.29 is 9.84 Å². The highest BCUT2D eigenvalue weighted by molar-refractivity contribution is 7.07. The largest absolute Gasteiger partial charge is 0.489 e. The van der Waals surface area contributed by atoms with Crippen LogP contribution in [0.2, 0.25) is 0 Å². The molecule has 0 spiro atoms. The molecule has 18 heavy (non-hydrogen) atoms. The third-order valence-corrected chi connectivity index (χ3v) is 4.11. The lowest BCUT2D eigenvalue weighted by molar-refractivity contribution is 0.156. The van der Waals surface area contributed by atoms with Gasteiger partial charge in [0, 0.05) is 0 Å². The molecule has 0 aliphatic heterocycles. The maximum Gasteiger partial charge on any atom is 0.120 e. The van der Waals surface area contributed by atoms with E-state index in [-0.39, 0.29) is 6.10 Å². The Morgan fingerprint density at radius 2 is 2.28 bits per heavy atom. The second kappa shape index (κ2) is 5.12. The number of aliphatic hydroxyl groups is 1. The van der Waals surface area contributed by atoms with Gasteiger partial charge in [0.15, 0.2) is 0 Å². The minimum atomic E-state index is -0.292. The van der Waals surface area contributed by atoms with Gasteiger partial charge >= 0.3 is 0 Å². The molecule has 2 aromatic rings. The molecule has 1 heterocycles. The van der Waals surface area contributed by atoms with Crippen molar-refractivity contribution in [1.82, 2.24) is 0 Å². The summed E-state index contributed by atoms with van der Waals surface area (Å²) < 4.78 is 5.78. The van der Waals surface area contributed by atoms with E-state index in [1.54, 1.807) is 11.3 Å². The molecule has 1 unspecified atom stereocenters. The van der Waals surface area contributed by atoms with Crippen molar-refractivity contribution in [3.63, 3.8) is 0 Å². The van der Waals surface area contributed by atoms with Crippen molar-refractivity contribution in [2.24, 2.45) is 0 Å². The van der Waals surface area contributed by atoms with Crippen molar-refractivity contribution in [1.29, 1.82) is 0 Å². The van der Waals surface area contributed by atoms with Crippen molar-refractivity contribution in [3.05, 3.63) is 51.7 Å². The first-order chi connectivity index (χ1) is 8.83. The van der Waals surface area contributed by atoms with Crippen molar-refractivity contribution in [2.45, 2.75) is 32.0 Å². The number of thiophene rings is 1. The highest BCUT2D eigenvalue weighted by Crippen LogP contribution is 2.32. The van der Waals surface area contributed by atoms with E-state index in [1.165, 1.54) is 11.1 Å². The predicted molar refractivity (Wildman–Crippen MR) is 73.0 cm³/mol. The van der Waals surface area contributed by atoms with Gasteiger partial charge in [-0.3, -0.25) is 0 Å². The summed E-state index contributed by atoms with van der Waals surface area (Å²) in [6, 6.07) is 8.11. The van der Waals surface area contributed by atoms with Gasteiger partial charge in [-0.05, 0) is 64.9 Å². The van der Waals surface area contributed by atoms with Gasteiger partial charge in [-0.1, -0.05) is 6.07 Å². The Kier molecular flexibility index (Phi) is 3.35. The molecule has 1 aliphatic rings. The zero-order valence-electron chi connectivity index (χ0n) is 10.1. The van der Waals surface area contributed by atoms with E-state index in [2.05, 4.69) is 22.9 Å². The number of benzene rings is 1. The Morgan fingerprint density at radius 3 is 3.11 bits per heavy atom. The summed E-state index contributed by atoms with van der Waals surface area (Å²) in [6.45, 7) is 0.616. The van der Waals surface area contributed by atoms with E-state index in [4.69, 9.17) is 4.74 Å². The summed E-state index contributed by atoms with van der Waals surface area (Å²) in [4.78, 5) is 0. The molecule has 1 aromatic carbocycles. The van der Waals surface area contributed by atoms with Gasteiger partial charge in [-0.2, -0.15) is 11.3 Å². The molecule has 0 fully saturated rings. The van der Waals surface area contributed by atoms with Gasteiger partial charge in [-0.15, -0.1) is 0 Å². The maximum absolute atomic E-state index is 9.89. The van der Waals surface area contributed by atoms with E-state index in [0.717, 1.165) is 30.6 Å². The standard InChI is InChI=1S/C15H16O2S/c16-15-3-1-2-12-8-13(4-5-14(12)15)17-9-11-6-7-18-10-11/h4-8,10,15-16H,1-3,9H2. The van der Waals surface area contributed by atoms with Gasteiger partial charge in [0.05, 0.1) is 6.10 Å². The van der Waals surface area contributed by atoms with Crippen LogP contribution in [-0.2, 0) is 13.0 Å². The molecule has 1 atom stereocenters. The van der Waals surface area contributed by atoms with Crippen molar-refractivity contribution in [2.75, 3.05) is 0 Å². The summed E-state index contributed by atoms with van der Waals surface area (Å²) in [5.74, 6) is 0.897. The number of ether oxygens (including phenoxy) is 1. The third kappa shape index (κ3) is 2.42. The molecule has 1 aromatic heterocycles. The van der Waals surface area contributed by atoms with Gasteiger partial charge in [0.25, 0.3) is 0 Å². The molecular weight excluding hydrogens is 244 g/mol. The molecule has 3 heteroatoms. The van der Waals surface area contributed by atoms with Crippen LogP contribution in [-0.4, -0.2) is 5.11 Å². The van der Waals surface area contributed by atoms with Gasteiger partial charge < -0.3 is 9.84 Å². The highest BCUT2D eigenvalue weighted by atomic mass is 32.1. The number of hydrogen-bond acceptors (Lipinski definition) is 3. The van der Waals surface area contributed by atoms with Gasteiger partial charge in [0.1, 0.15) is 12.4 Å². The van der Waals surface area contributed by atoms with Gasteiger partial charge in [-0.25, -0.2) is 0 Å². The number of hydrogen-bond donors (Lipinski definition) is 1. The predicted octanol–water partition coefficient (Wildman–Crippen LogP) is 3.70. The second-order valence-corrected chi connectivity index (χ2v) is 5.47. The van der Waals surface area contributed by atoms with Crippen LogP contribution in [0.3, 0.4) is 0 Å². The molecule has 2 nitrogen and oxygen atoms in total. The average molecular weight is 260 g/mol. The van der Waals surface area contributed by atoms with Crippen LogP contribution in [0.15, 0.2) is 35.0 Å². The number of aliphatic hydroxyl groups excluding tert-OH is 1. The van der Waals surface area contributed by atoms with Crippen molar-refractivity contribution in [3.8, 4) is 5.75 Å². The van der Waals surface area contributed by atoms with Crippen LogP contribution in [0.25, 0.3) is 0 Å². The second-order valence-electron chi connectivity index (χ2n) is 4.69. The quantitative estimate of drug-likeness (QED) is 0.912. The minimum absolute atomic E-state index is 0.292. The Balaban J connectivity index is 1.74. The molecule has 0 saturated heterocycles. The Hall–Kier alpha value is -1.32. The summed E-state index contributed by atoms with van der Waals surface area (Å²) in [5.41, 5.74) is 3.51. The molecule has 0 amide bonds. The summed E-state index contributed by atoms with van der Waals surface area (Å²) in [6.07, 6.45) is 2.69. The first kappa shape index (κ1) is 11.8. The third-order valence-electron chi connectivity index (χ3n) is 3.38. The van der Waals surface area contributed by atoms with E-state index in [1.807, 2.05) is 12.1 Å². The maximum atomic E-state index is 9.89. The zero-order chi connectivity index (χ0) is 12.4. The normalized spacial score (nSPS) is 18.4. The average Bonchev–Trinajstić information content (AvgIpc) is 2.90. The lowest BCUT2D eigenvalue weighted by Crippen LogP contribution is -2.09. The molecule has 1 N–H and O–H groups in total. The topological polar surface area (TPSA) is 29.5 Å². The zero-order valence-corrected chi connectivity index (χ0v) is 11.0. The molecule has 1 aliphatic carbocycles. The number of aryl methyl sites for hydroxylation is 1. The Bertz CT molecular complexity index is 519. The SMILES string of the molecule is OC1CCCc2cc(OCc3ccsc3)ccc21. The van der Waals surface area contributed by atoms with Crippen molar-refractivity contribution >= 4 is 11.3 Å². The van der Waals surface area contributed by atoms with Gasteiger partial charge in [0.2, 0.25) is 0 Å². The first-order valence-electron chi connectivity index (χ1n) is 6.28. The molecule has 3 rings (SSSR count). The summed E-state index contributed by atoms with van der Waals surface area (Å²) in [7, 11) is 0. The fourth-order valence-corrected chi connectivity index (χ4v) is 3.05. The molecule has 94 valence electrons. The highest BCUT2D eigenvalue weighted by Gasteiger charge is 2.18. The lowest BCUT2D eigenvalue weighted by atomic mass is 9.89. The van der Waals surface area contributed by atoms with Crippen LogP contribution in [0, 0.1) is 0 Å². The van der Waals surface area contributed by atoms with Crippen LogP contribution in [0.4, 0.5) is 0 Å². The minimum Gasteiger partial charge on any atom is -0.489 e. The smallest absolute Gasteiger partial charge is 0.120 e. The van der Waals surface area contributed by atoms with E-state index >= 15 is 0 Å². The molecule has 0 radical (unpaired) electrons. The van der Waals surface area contributed by atoms with Crippen LogP contribution in [0.1, 0.15) is 35.6 Å². The fourth-order valence-electron chi connectivity index (χ4n) is 2.40. The number of rotatable bonds is 3. The monoisotopic (exact) mass is 260 g/mol. The molecular formula is C15H16O2S. The lowest BCUT2D eigenvalue weighted by Gasteiger charge is -2.21. The van der Waals surface area contributed by atoms with E-state index < -0.39 is 0 Å². The van der Waals surface area contributed by atoms with Crippen LogP contribution >= 0.6 is 11.3 Å². The summed E-state index contributed by atoms with van der Waals surface area (Å²) >= 11 is 1.68. The van der Waals surface area contributed by atoms with Crippen LogP contribution in [0.5, 0.6) is 5.75 Å².